The van der Waals surface area contributed by atoms with Gasteiger partial charge in [-0.25, -0.2) is 0 Å². The number of nitrogens with zero attached hydrogens (tertiary/aromatic N) is 2. The van der Waals surface area contributed by atoms with Gasteiger partial charge >= 0.3 is 0 Å². The van der Waals surface area contributed by atoms with E-state index in [-0.39, 0.29) is 11.8 Å². The minimum atomic E-state index is -0.216. The van der Waals surface area contributed by atoms with Gasteiger partial charge in [0.1, 0.15) is 11.8 Å². The first-order chi connectivity index (χ1) is 8.22. The highest BCUT2D eigenvalue weighted by Gasteiger charge is 2.17. The van der Waals surface area contributed by atoms with Gasteiger partial charge < -0.3 is 5.11 Å². The second-order valence-corrected chi connectivity index (χ2v) is 4.11. The van der Waals surface area contributed by atoms with Gasteiger partial charge in [-0.1, -0.05) is 32.4 Å². The van der Waals surface area contributed by atoms with Gasteiger partial charge in [0.25, 0.3) is 0 Å². The Labute approximate surface area is 103 Å². The van der Waals surface area contributed by atoms with Crippen molar-refractivity contribution in [2.24, 2.45) is 0 Å². The van der Waals surface area contributed by atoms with Crippen LogP contribution in [0.15, 0.2) is 24.3 Å². The fraction of sp³-hybridized carbons (Fsp3) is 0.500. The van der Waals surface area contributed by atoms with Crippen LogP contribution >= 0.6 is 0 Å². The number of nitriles is 1. The molecule has 17 heavy (non-hydrogen) atoms. The van der Waals surface area contributed by atoms with Crippen molar-refractivity contribution in [3.8, 4) is 11.8 Å². The SMILES string of the molecule is CCCCN(CC)C(C#N)c1ccc(O)cc1. The van der Waals surface area contributed by atoms with Gasteiger partial charge in [-0.2, -0.15) is 5.26 Å². The Bertz CT molecular complexity index is 367. The Kier molecular flexibility index (Phi) is 5.51. The Morgan fingerprint density at radius 1 is 1.29 bits per heavy atom. The van der Waals surface area contributed by atoms with Gasteiger partial charge in [0.15, 0.2) is 0 Å². The molecule has 0 radical (unpaired) electrons. The molecule has 1 atom stereocenters. The fourth-order valence-electron chi connectivity index (χ4n) is 1.85. The average Bonchev–Trinajstić information content (AvgIpc) is 2.36. The lowest BCUT2D eigenvalue weighted by molar-refractivity contribution is 0.244. The lowest BCUT2D eigenvalue weighted by Crippen LogP contribution is -2.28. The first-order valence-corrected chi connectivity index (χ1v) is 6.15. The van der Waals surface area contributed by atoms with Gasteiger partial charge in [-0.3, -0.25) is 4.90 Å². The van der Waals surface area contributed by atoms with E-state index < -0.39 is 0 Å². The van der Waals surface area contributed by atoms with Crippen LogP contribution in [-0.2, 0) is 0 Å². The van der Waals surface area contributed by atoms with Crippen LogP contribution in [0.3, 0.4) is 0 Å². The first-order valence-electron chi connectivity index (χ1n) is 6.15. The normalized spacial score (nSPS) is 12.4. The average molecular weight is 232 g/mol. The number of unbranched alkanes of at least 4 members (excludes halogenated alkanes) is 1. The van der Waals surface area contributed by atoms with Gasteiger partial charge in [0.05, 0.1) is 6.07 Å². The van der Waals surface area contributed by atoms with E-state index in [0.29, 0.717) is 0 Å². The highest BCUT2D eigenvalue weighted by molar-refractivity contribution is 5.30. The topological polar surface area (TPSA) is 47.3 Å². The maximum Gasteiger partial charge on any atom is 0.123 e. The molecule has 1 rings (SSSR count). The monoisotopic (exact) mass is 232 g/mol. The van der Waals surface area contributed by atoms with Crippen molar-refractivity contribution in [1.29, 1.82) is 5.26 Å². The van der Waals surface area contributed by atoms with E-state index in [2.05, 4.69) is 24.8 Å². The summed E-state index contributed by atoms with van der Waals surface area (Å²) in [4.78, 5) is 2.16. The molecular formula is C14H20N2O. The summed E-state index contributed by atoms with van der Waals surface area (Å²) in [5.74, 6) is 0.238. The number of phenols is 1. The van der Waals surface area contributed by atoms with Crippen LogP contribution in [0.25, 0.3) is 0 Å². The van der Waals surface area contributed by atoms with E-state index in [1.807, 2.05) is 12.1 Å². The summed E-state index contributed by atoms with van der Waals surface area (Å²) in [5, 5.41) is 18.5. The molecule has 3 heteroatoms. The Hall–Kier alpha value is -1.53. The van der Waals surface area contributed by atoms with Crippen LogP contribution in [0, 0.1) is 11.3 Å². The van der Waals surface area contributed by atoms with Crippen LogP contribution in [0.5, 0.6) is 5.75 Å². The van der Waals surface area contributed by atoms with E-state index >= 15 is 0 Å². The number of phenolic OH excluding ortho intramolecular Hbond substituents is 1. The minimum absolute atomic E-state index is 0.216. The molecule has 1 N–H and O–H groups in total. The van der Waals surface area contributed by atoms with E-state index in [1.165, 1.54) is 0 Å². The summed E-state index contributed by atoms with van der Waals surface area (Å²) in [6.07, 6.45) is 2.23. The lowest BCUT2D eigenvalue weighted by Gasteiger charge is -2.25. The maximum atomic E-state index is 9.30. The summed E-state index contributed by atoms with van der Waals surface area (Å²) in [6, 6.07) is 9.03. The molecule has 3 nitrogen and oxygen atoms in total. The van der Waals surface area contributed by atoms with Gasteiger partial charge in [-0.05, 0) is 37.2 Å². The van der Waals surface area contributed by atoms with Crippen LogP contribution in [0.4, 0.5) is 0 Å². The van der Waals surface area contributed by atoms with E-state index in [9.17, 15) is 10.4 Å². The third-order valence-corrected chi connectivity index (χ3v) is 2.90. The molecule has 0 saturated heterocycles. The van der Waals surface area contributed by atoms with Gasteiger partial charge in [-0.15, -0.1) is 0 Å². The summed E-state index contributed by atoms with van der Waals surface area (Å²) in [7, 11) is 0. The van der Waals surface area contributed by atoms with Crippen molar-refractivity contribution in [3.63, 3.8) is 0 Å². The predicted molar refractivity (Wildman–Crippen MR) is 68.6 cm³/mol. The van der Waals surface area contributed by atoms with Crippen LogP contribution in [0.2, 0.25) is 0 Å². The van der Waals surface area contributed by atoms with E-state index in [4.69, 9.17) is 0 Å². The number of hydrogen-bond donors (Lipinski definition) is 1. The molecule has 1 aromatic carbocycles. The van der Waals surface area contributed by atoms with Crippen LogP contribution in [-0.4, -0.2) is 23.1 Å². The summed E-state index contributed by atoms with van der Waals surface area (Å²) in [5.41, 5.74) is 0.947. The number of hydrogen-bond acceptors (Lipinski definition) is 3. The number of aromatic hydroxyl groups is 1. The maximum absolute atomic E-state index is 9.30. The molecular weight excluding hydrogens is 212 g/mol. The van der Waals surface area contributed by atoms with E-state index in [0.717, 1.165) is 31.5 Å². The van der Waals surface area contributed by atoms with E-state index in [1.54, 1.807) is 12.1 Å². The number of benzene rings is 1. The second kappa shape index (κ2) is 6.93. The zero-order chi connectivity index (χ0) is 12.7. The Balaban J connectivity index is 2.82. The first kappa shape index (κ1) is 13.5. The summed E-state index contributed by atoms with van der Waals surface area (Å²) in [6.45, 7) is 6.02. The molecule has 0 aliphatic carbocycles. The van der Waals surface area contributed by atoms with Crippen molar-refractivity contribution in [3.05, 3.63) is 29.8 Å². The van der Waals surface area contributed by atoms with Crippen molar-refractivity contribution < 1.29 is 5.11 Å². The largest absolute Gasteiger partial charge is 0.508 e. The molecule has 0 spiro atoms. The van der Waals surface area contributed by atoms with Crippen LogP contribution < -0.4 is 0 Å². The smallest absolute Gasteiger partial charge is 0.123 e. The standard InChI is InChI=1S/C14H20N2O/c1-3-5-10-16(4-2)14(11-15)12-6-8-13(17)9-7-12/h6-9,14,17H,3-5,10H2,1-2H3. The molecule has 0 aliphatic rings. The predicted octanol–water partition coefficient (Wildman–Crippen LogP) is 3.08. The quantitative estimate of drug-likeness (QED) is 0.820. The zero-order valence-electron chi connectivity index (χ0n) is 10.6. The summed E-state index contributed by atoms with van der Waals surface area (Å²) < 4.78 is 0. The molecule has 0 aromatic heterocycles. The molecule has 1 aromatic rings. The number of rotatable bonds is 6. The molecule has 0 aliphatic heterocycles. The molecule has 0 fully saturated rings. The minimum Gasteiger partial charge on any atom is -0.508 e. The zero-order valence-corrected chi connectivity index (χ0v) is 10.6. The fourth-order valence-corrected chi connectivity index (χ4v) is 1.85. The third kappa shape index (κ3) is 3.76. The van der Waals surface area contributed by atoms with Gasteiger partial charge in [0.2, 0.25) is 0 Å². The Morgan fingerprint density at radius 3 is 2.41 bits per heavy atom. The molecule has 92 valence electrons. The molecule has 0 bridgehead atoms. The lowest BCUT2D eigenvalue weighted by atomic mass is 10.1. The molecule has 0 heterocycles. The van der Waals surface area contributed by atoms with Crippen LogP contribution in [0.1, 0.15) is 38.3 Å². The Morgan fingerprint density at radius 2 is 1.94 bits per heavy atom. The highest BCUT2D eigenvalue weighted by atomic mass is 16.3. The molecule has 0 saturated carbocycles. The summed E-state index contributed by atoms with van der Waals surface area (Å²) >= 11 is 0. The molecule has 0 amide bonds. The third-order valence-electron chi connectivity index (χ3n) is 2.90. The van der Waals surface area contributed by atoms with Crippen molar-refractivity contribution in [1.82, 2.24) is 4.90 Å². The van der Waals surface area contributed by atoms with Crippen molar-refractivity contribution >= 4 is 0 Å². The van der Waals surface area contributed by atoms with Gasteiger partial charge in [0, 0.05) is 0 Å². The van der Waals surface area contributed by atoms with Crippen molar-refractivity contribution in [2.75, 3.05) is 13.1 Å². The second-order valence-electron chi connectivity index (χ2n) is 4.11. The van der Waals surface area contributed by atoms with Crippen molar-refractivity contribution in [2.45, 2.75) is 32.7 Å². The highest BCUT2D eigenvalue weighted by Crippen LogP contribution is 2.22. The molecule has 1 unspecified atom stereocenters.